The number of hydrogen-bond donors (Lipinski definition) is 2. The fourth-order valence-electron chi connectivity index (χ4n) is 1.38. The first-order valence-electron chi connectivity index (χ1n) is 5.50. The number of aliphatic carboxylic acids is 1. The van der Waals surface area contributed by atoms with E-state index in [0.29, 0.717) is 6.42 Å². The number of carbonyl (C=O) groups excluding carboxylic acids is 1. The van der Waals surface area contributed by atoms with Gasteiger partial charge in [0.15, 0.2) is 0 Å². The molecule has 0 aliphatic carbocycles. The highest BCUT2D eigenvalue weighted by atomic mass is 16.4. The molecule has 0 aliphatic rings. The minimum Gasteiger partial charge on any atom is -0.480 e. The van der Waals surface area contributed by atoms with Crippen LogP contribution in [0.1, 0.15) is 33.6 Å². The van der Waals surface area contributed by atoms with Crippen molar-refractivity contribution in [1.29, 1.82) is 0 Å². The first-order chi connectivity index (χ1) is 7.28. The number of carbonyl (C=O) groups is 2. The van der Waals surface area contributed by atoms with Gasteiger partial charge in [-0.3, -0.25) is 4.79 Å². The Kier molecular flexibility index (Phi) is 5.44. The second-order valence-corrected chi connectivity index (χ2v) is 4.48. The molecule has 0 aliphatic heterocycles. The van der Waals surface area contributed by atoms with Crippen LogP contribution in [-0.2, 0) is 9.59 Å². The van der Waals surface area contributed by atoms with Crippen LogP contribution in [0, 0.1) is 5.92 Å². The lowest BCUT2D eigenvalue weighted by atomic mass is 9.97. The van der Waals surface area contributed by atoms with Crippen LogP contribution in [0.5, 0.6) is 0 Å². The molecule has 0 aromatic rings. The summed E-state index contributed by atoms with van der Waals surface area (Å²) in [5.41, 5.74) is 4.33. The lowest BCUT2D eigenvalue weighted by Gasteiger charge is -2.34. The summed E-state index contributed by atoms with van der Waals surface area (Å²) in [4.78, 5) is 24.3. The minimum atomic E-state index is -1.20. The Labute approximate surface area is 96.6 Å². The largest absolute Gasteiger partial charge is 0.480 e. The maximum atomic E-state index is 12.0. The number of carboxylic acids is 1. The predicted molar refractivity (Wildman–Crippen MR) is 61.9 cm³/mol. The van der Waals surface area contributed by atoms with Crippen molar-refractivity contribution in [3.8, 4) is 0 Å². The molecule has 16 heavy (non-hydrogen) atoms. The first-order valence-corrected chi connectivity index (χ1v) is 5.50. The zero-order chi connectivity index (χ0) is 12.9. The van der Waals surface area contributed by atoms with Crippen LogP contribution in [0.15, 0.2) is 0 Å². The Morgan fingerprint density at radius 2 is 1.94 bits per heavy atom. The van der Waals surface area contributed by atoms with Crippen molar-refractivity contribution in [2.75, 3.05) is 13.6 Å². The average Bonchev–Trinajstić information content (AvgIpc) is 2.23. The molecule has 3 N–H and O–H groups in total. The molecular formula is C11H22N2O3. The van der Waals surface area contributed by atoms with E-state index in [0.717, 1.165) is 6.42 Å². The number of amides is 1. The summed E-state index contributed by atoms with van der Waals surface area (Å²) >= 11 is 0. The topological polar surface area (TPSA) is 83.6 Å². The smallest absolute Gasteiger partial charge is 0.329 e. The summed E-state index contributed by atoms with van der Waals surface area (Å²) in [6.45, 7) is 5.24. The van der Waals surface area contributed by atoms with Crippen LogP contribution in [0.3, 0.4) is 0 Å². The van der Waals surface area contributed by atoms with E-state index in [1.807, 2.05) is 6.92 Å². The molecule has 0 rings (SSSR count). The molecule has 1 atom stereocenters. The Bertz CT molecular complexity index is 264. The number of carboxylic acid groups (broad SMARTS) is 1. The zero-order valence-corrected chi connectivity index (χ0v) is 10.5. The third-order valence-corrected chi connectivity index (χ3v) is 2.96. The van der Waals surface area contributed by atoms with E-state index in [9.17, 15) is 9.59 Å². The van der Waals surface area contributed by atoms with E-state index in [1.165, 1.54) is 25.8 Å². The normalized spacial score (nSPS) is 13.3. The molecule has 0 aromatic carbocycles. The van der Waals surface area contributed by atoms with Gasteiger partial charge in [0, 0.05) is 13.6 Å². The SMILES string of the molecule is CCCC(CN)C(=O)N(C)C(C)(C)C(=O)O. The zero-order valence-electron chi connectivity index (χ0n) is 10.5. The molecule has 0 saturated carbocycles. The molecule has 1 amide bonds. The molecule has 0 bridgehead atoms. The van der Waals surface area contributed by atoms with Crippen LogP contribution in [0.2, 0.25) is 0 Å². The summed E-state index contributed by atoms with van der Waals surface area (Å²) in [7, 11) is 1.51. The molecule has 0 heterocycles. The van der Waals surface area contributed by atoms with Gasteiger partial charge >= 0.3 is 5.97 Å². The van der Waals surface area contributed by atoms with E-state index in [4.69, 9.17) is 10.8 Å². The van der Waals surface area contributed by atoms with E-state index >= 15 is 0 Å². The number of nitrogens with two attached hydrogens (primary N) is 1. The Morgan fingerprint density at radius 3 is 2.25 bits per heavy atom. The van der Waals surface area contributed by atoms with Gasteiger partial charge in [-0.25, -0.2) is 4.79 Å². The number of hydrogen-bond acceptors (Lipinski definition) is 3. The molecule has 0 aromatic heterocycles. The van der Waals surface area contributed by atoms with Crippen molar-refractivity contribution in [2.45, 2.75) is 39.2 Å². The highest BCUT2D eigenvalue weighted by Crippen LogP contribution is 2.17. The van der Waals surface area contributed by atoms with Gasteiger partial charge in [-0.15, -0.1) is 0 Å². The number of likely N-dealkylation sites (N-methyl/N-ethyl adjacent to an activating group) is 1. The quantitative estimate of drug-likeness (QED) is 0.703. The maximum absolute atomic E-state index is 12.0. The van der Waals surface area contributed by atoms with Crippen LogP contribution in [0.4, 0.5) is 0 Å². The predicted octanol–water partition coefficient (Wildman–Crippen LogP) is 0.683. The first kappa shape index (κ1) is 14.9. The molecule has 1 unspecified atom stereocenters. The Hall–Kier alpha value is -1.10. The van der Waals surface area contributed by atoms with E-state index in [1.54, 1.807) is 0 Å². The summed E-state index contributed by atoms with van der Waals surface area (Å²) in [5.74, 6) is -1.50. The van der Waals surface area contributed by atoms with Gasteiger partial charge in [-0.2, -0.15) is 0 Å². The monoisotopic (exact) mass is 230 g/mol. The lowest BCUT2D eigenvalue weighted by Crippen LogP contribution is -2.53. The Balaban J connectivity index is 4.77. The van der Waals surface area contributed by atoms with Crippen molar-refractivity contribution in [2.24, 2.45) is 11.7 Å². The van der Waals surface area contributed by atoms with Gasteiger partial charge in [-0.1, -0.05) is 13.3 Å². The summed E-state index contributed by atoms with van der Waals surface area (Å²) < 4.78 is 0. The van der Waals surface area contributed by atoms with E-state index in [-0.39, 0.29) is 18.4 Å². The maximum Gasteiger partial charge on any atom is 0.329 e. The van der Waals surface area contributed by atoms with Gasteiger partial charge in [0.2, 0.25) is 5.91 Å². The second kappa shape index (κ2) is 5.84. The van der Waals surface area contributed by atoms with Crippen LogP contribution in [-0.4, -0.2) is 41.0 Å². The van der Waals surface area contributed by atoms with E-state index < -0.39 is 11.5 Å². The minimum absolute atomic E-state index is 0.197. The van der Waals surface area contributed by atoms with Gasteiger partial charge in [0.05, 0.1) is 5.92 Å². The standard InChI is InChI=1S/C11H22N2O3/c1-5-6-8(7-12)9(14)13(4)11(2,3)10(15)16/h8H,5-7,12H2,1-4H3,(H,15,16). The Morgan fingerprint density at radius 1 is 1.44 bits per heavy atom. The van der Waals surface area contributed by atoms with Gasteiger partial charge in [0.1, 0.15) is 5.54 Å². The molecule has 0 saturated heterocycles. The fourth-order valence-corrected chi connectivity index (χ4v) is 1.38. The highest BCUT2D eigenvalue weighted by Gasteiger charge is 2.37. The fraction of sp³-hybridized carbons (Fsp3) is 0.818. The number of nitrogens with zero attached hydrogens (tertiary/aromatic N) is 1. The lowest BCUT2D eigenvalue weighted by molar-refractivity contribution is -0.157. The highest BCUT2D eigenvalue weighted by molar-refractivity contribution is 5.87. The molecule has 94 valence electrons. The summed E-state index contributed by atoms with van der Waals surface area (Å²) in [6, 6.07) is 0. The van der Waals surface area contributed by atoms with Crippen molar-refractivity contribution >= 4 is 11.9 Å². The molecular weight excluding hydrogens is 208 g/mol. The van der Waals surface area contributed by atoms with Crippen molar-refractivity contribution < 1.29 is 14.7 Å². The molecule has 0 radical (unpaired) electrons. The van der Waals surface area contributed by atoms with Gasteiger partial charge < -0.3 is 15.7 Å². The number of rotatable bonds is 6. The molecule has 5 heteroatoms. The molecule has 0 spiro atoms. The van der Waals surface area contributed by atoms with Crippen LogP contribution >= 0.6 is 0 Å². The second-order valence-electron chi connectivity index (χ2n) is 4.48. The third-order valence-electron chi connectivity index (χ3n) is 2.96. The van der Waals surface area contributed by atoms with Crippen LogP contribution in [0.25, 0.3) is 0 Å². The van der Waals surface area contributed by atoms with Gasteiger partial charge in [-0.05, 0) is 20.3 Å². The summed E-state index contributed by atoms with van der Waals surface area (Å²) in [6.07, 6.45) is 1.55. The molecule has 5 nitrogen and oxygen atoms in total. The average molecular weight is 230 g/mol. The van der Waals surface area contributed by atoms with Gasteiger partial charge in [0.25, 0.3) is 0 Å². The van der Waals surface area contributed by atoms with Crippen molar-refractivity contribution in [3.63, 3.8) is 0 Å². The van der Waals surface area contributed by atoms with Crippen molar-refractivity contribution in [3.05, 3.63) is 0 Å². The third kappa shape index (κ3) is 3.20. The van der Waals surface area contributed by atoms with E-state index in [2.05, 4.69) is 0 Å². The van der Waals surface area contributed by atoms with Crippen molar-refractivity contribution in [1.82, 2.24) is 4.90 Å². The summed E-state index contributed by atoms with van der Waals surface area (Å²) in [5, 5.41) is 9.02. The molecule has 0 fully saturated rings. The van der Waals surface area contributed by atoms with Crippen LogP contribution < -0.4 is 5.73 Å².